The van der Waals surface area contributed by atoms with Crippen molar-refractivity contribution in [2.75, 3.05) is 6.61 Å². The minimum atomic E-state index is -0.737. The number of Topliss-reactive ketones (excluding diaryl/α,β-unsaturated/α-hetero) is 1. The number of ether oxygens (including phenoxy) is 1. The molecule has 0 saturated heterocycles. The summed E-state index contributed by atoms with van der Waals surface area (Å²) in [5, 5.41) is 0. The van der Waals surface area contributed by atoms with Crippen LogP contribution < -0.4 is 4.74 Å². The molecule has 0 bridgehead atoms. The molecule has 2 nitrogen and oxygen atoms in total. The van der Waals surface area contributed by atoms with E-state index in [0.29, 0.717) is 5.56 Å². The van der Waals surface area contributed by atoms with E-state index >= 15 is 0 Å². The maximum absolute atomic E-state index is 13.0. The molecule has 0 aliphatic heterocycles. The monoisotopic (exact) mass is 276 g/mol. The minimum Gasteiger partial charge on any atom is -0.485 e. The lowest BCUT2D eigenvalue weighted by Crippen LogP contribution is -2.13. The third-order valence-corrected chi connectivity index (χ3v) is 2.90. The smallest absolute Gasteiger partial charge is 0.200 e. The van der Waals surface area contributed by atoms with Crippen LogP contribution in [0.3, 0.4) is 0 Å². The van der Waals surface area contributed by atoms with Gasteiger partial charge in [-0.2, -0.15) is 0 Å². The van der Waals surface area contributed by atoms with Gasteiger partial charge in [-0.05, 0) is 25.5 Å². The zero-order valence-corrected chi connectivity index (χ0v) is 11.2. The summed E-state index contributed by atoms with van der Waals surface area (Å²) in [6.45, 7) is 3.46. The van der Waals surface area contributed by atoms with Gasteiger partial charge in [0.15, 0.2) is 12.4 Å². The summed E-state index contributed by atoms with van der Waals surface area (Å²) in [4.78, 5) is 12.0. The Morgan fingerprint density at radius 2 is 1.70 bits per heavy atom. The second kappa shape index (κ2) is 5.82. The third-order valence-electron chi connectivity index (χ3n) is 2.90. The number of rotatable bonds is 4. The van der Waals surface area contributed by atoms with E-state index < -0.39 is 11.6 Å². The van der Waals surface area contributed by atoms with E-state index in [4.69, 9.17) is 4.74 Å². The summed E-state index contributed by atoms with van der Waals surface area (Å²) in [6.07, 6.45) is 0. The molecule has 0 fully saturated rings. The standard InChI is InChI=1S/C16H14F2O2/c1-10-3-4-11(2)15(5-10)16(19)9-20-14-7-12(17)6-13(18)8-14/h3-8H,9H2,1-2H3. The Kier molecular flexibility index (Phi) is 4.13. The first-order chi connectivity index (χ1) is 9.45. The summed E-state index contributed by atoms with van der Waals surface area (Å²) in [5.41, 5.74) is 2.37. The van der Waals surface area contributed by atoms with Crippen LogP contribution in [-0.4, -0.2) is 12.4 Å². The molecule has 104 valence electrons. The van der Waals surface area contributed by atoms with Crippen molar-refractivity contribution in [1.82, 2.24) is 0 Å². The molecule has 0 saturated carbocycles. The van der Waals surface area contributed by atoms with Crippen molar-refractivity contribution >= 4 is 5.78 Å². The Hall–Kier alpha value is -2.23. The van der Waals surface area contributed by atoms with E-state index in [-0.39, 0.29) is 18.1 Å². The van der Waals surface area contributed by atoms with Gasteiger partial charge in [-0.3, -0.25) is 4.79 Å². The maximum Gasteiger partial charge on any atom is 0.200 e. The zero-order chi connectivity index (χ0) is 14.7. The largest absolute Gasteiger partial charge is 0.485 e. The molecule has 0 spiro atoms. The van der Waals surface area contributed by atoms with E-state index in [1.54, 1.807) is 6.07 Å². The van der Waals surface area contributed by atoms with Crippen LogP contribution in [0.25, 0.3) is 0 Å². The lowest BCUT2D eigenvalue weighted by molar-refractivity contribution is 0.0920. The number of carbonyl (C=O) groups is 1. The number of benzene rings is 2. The van der Waals surface area contributed by atoms with Crippen LogP contribution >= 0.6 is 0 Å². The Balaban J connectivity index is 2.10. The number of aryl methyl sites for hydroxylation is 2. The van der Waals surface area contributed by atoms with Gasteiger partial charge in [-0.15, -0.1) is 0 Å². The third kappa shape index (κ3) is 3.41. The molecular weight excluding hydrogens is 262 g/mol. The first-order valence-corrected chi connectivity index (χ1v) is 6.15. The topological polar surface area (TPSA) is 26.3 Å². The van der Waals surface area contributed by atoms with Crippen LogP contribution in [0.1, 0.15) is 21.5 Å². The highest BCUT2D eigenvalue weighted by Crippen LogP contribution is 2.17. The molecular formula is C16H14F2O2. The number of halogens is 2. The van der Waals surface area contributed by atoms with Gasteiger partial charge in [0.25, 0.3) is 0 Å². The van der Waals surface area contributed by atoms with Crippen LogP contribution in [0.2, 0.25) is 0 Å². The summed E-state index contributed by atoms with van der Waals surface area (Å²) in [5.74, 6) is -1.70. The fourth-order valence-corrected chi connectivity index (χ4v) is 1.87. The van der Waals surface area contributed by atoms with Crippen molar-refractivity contribution < 1.29 is 18.3 Å². The van der Waals surface area contributed by atoms with Gasteiger partial charge in [0.05, 0.1) is 0 Å². The second-order valence-corrected chi connectivity index (χ2v) is 4.64. The van der Waals surface area contributed by atoms with E-state index in [1.165, 1.54) is 0 Å². The SMILES string of the molecule is Cc1ccc(C)c(C(=O)COc2cc(F)cc(F)c2)c1. The summed E-state index contributed by atoms with van der Waals surface area (Å²) in [6, 6.07) is 8.37. The van der Waals surface area contributed by atoms with Gasteiger partial charge in [-0.1, -0.05) is 17.7 Å². The Bertz CT molecular complexity index is 631. The van der Waals surface area contributed by atoms with Crippen molar-refractivity contribution in [3.8, 4) is 5.75 Å². The highest BCUT2D eigenvalue weighted by molar-refractivity contribution is 5.98. The molecule has 20 heavy (non-hydrogen) atoms. The van der Waals surface area contributed by atoms with Gasteiger partial charge >= 0.3 is 0 Å². The van der Waals surface area contributed by atoms with Crippen molar-refractivity contribution in [3.63, 3.8) is 0 Å². The van der Waals surface area contributed by atoms with Crippen molar-refractivity contribution in [3.05, 3.63) is 64.7 Å². The molecule has 4 heteroatoms. The van der Waals surface area contributed by atoms with Gasteiger partial charge in [-0.25, -0.2) is 8.78 Å². The summed E-state index contributed by atoms with van der Waals surface area (Å²) >= 11 is 0. The quantitative estimate of drug-likeness (QED) is 0.793. The Morgan fingerprint density at radius 1 is 1.05 bits per heavy atom. The molecule has 0 aromatic heterocycles. The molecule has 0 aliphatic carbocycles. The fourth-order valence-electron chi connectivity index (χ4n) is 1.87. The molecule has 0 radical (unpaired) electrons. The van der Waals surface area contributed by atoms with Gasteiger partial charge in [0, 0.05) is 23.8 Å². The molecule has 0 aliphatic rings. The lowest BCUT2D eigenvalue weighted by atomic mass is 10.0. The van der Waals surface area contributed by atoms with Crippen molar-refractivity contribution in [2.24, 2.45) is 0 Å². The van der Waals surface area contributed by atoms with Crippen LogP contribution in [0.15, 0.2) is 36.4 Å². The molecule has 2 rings (SSSR count). The highest BCUT2D eigenvalue weighted by Gasteiger charge is 2.11. The summed E-state index contributed by atoms with van der Waals surface area (Å²) < 4.78 is 31.1. The van der Waals surface area contributed by atoms with E-state index in [9.17, 15) is 13.6 Å². The van der Waals surface area contributed by atoms with E-state index in [2.05, 4.69) is 0 Å². The fraction of sp³-hybridized carbons (Fsp3) is 0.188. The average Bonchev–Trinajstić information content (AvgIpc) is 2.38. The van der Waals surface area contributed by atoms with Crippen molar-refractivity contribution in [2.45, 2.75) is 13.8 Å². The van der Waals surface area contributed by atoms with E-state index in [1.807, 2.05) is 26.0 Å². The number of ketones is 1. The molecule has 0 amide bonds. The molecule has 0 heterocycles. The highest BCUT2D eigenvalue weighted by atomic mass is 19.1. The number of carbonyl (C=O) groups excluding carboxylic acids is 1. The lowest BCUT2D eigenvalue weighted by Gasteiger charge is -2.08. The number of hydrogen-bond donors (Lipinski definition) is 0. The first kappa shape index (κ1) is 14.2. The van der Waals surface area contributed by atoms with Crippen LogP contribution in [0, 0.1) is 25.5 Å². The minimum absolute atomic E-state index is 0.00107. The normalized spacial score (nSPS) is 10.4. The predicted octanol–water partition coefficient (Wildman–Crippen LogP) is 3.84. The molecule has 0 N–H and O–H groups in total. The Labute approximate surface area is 116 Å². The Morgan fingerprint density at radius 3 is 2.35 bits per heavy atom. The van der Waals surface area contributed by atoms with Gasteiger partial charge in [0.1, 0.15) is 17.4 Å². The van der Waals surface area contributed by atoms with Crippen LogP contribution in [0.4, 0.5) is 8.78 Å². The predicted molar refractivity (Wildman–Crippen MR) is 72.1 cm³/mol. The molecule has 2 aromatic carbocycles. The summed E-state index contributed by atoms with van der Waals surface area (Å²) in [7, 11) is 0. The van der Waals surface area contributed by atoms with Gasteiger partial charge < -0.3 is 4.74 Å². The zero-order valence-electron chi connectivity index (χ0n) is 11.2. The molecule has 2 aromatic rings. The molecule has 0 unspecified atom stereocenters. The first-order valence-electron chi connectivity index (χ1n) is 6.15. The number of hydrogen-bond acceptors (Lipinski definition) is 2. The van der Waals surface area contributed by atoms with Gasteiger partial charge in [0.2, 0.25) is 0 Å². The van der Waals surface area contributed by atoms with E-state index in [0.717, 1.165) is 29.3 Å². The molecule has 0 atom stereocenters. The van der Waals surface area contributed by atoms with Crippen LogP contribution in [0.5, 0.6) is 5.75 Å². The van der Waals surface area contributed by atoms with Crippen molar-refractivity contribution in [1.29, 1.82) is 0 Å². The average molecular weight is 276 g/mol. The second-order valence-electron chi connectivity index (χ2n) is 4.64. The van der Waals surface area contributed by atoms with Crippen LogP contribution in [-0.2, 0) is 0 Å². The maximum atomic E-state index is 13.0.